The van der Waals surface area contributed by atoms with E-state index < -0.39 is 19.6 Å². The van der Waals surface area contributed by atoms with E-state index in [0.717, 1.165) is 6.26 Å². The third kappa shape index (κ3) is 1.93. The van der Waals surface area contributed by atoms with Gasteiger partial charge in [-0.05, 0) is 13.8 Å². The lowest BCUT2D eigenvalue weighted by atomic mass is 10.3. The van der Waals surface area contributed by atoms with Crippen LogP contribution in [0.2, 0.25) is 0 Å². The number of aliphatic hydroxyl groups is 1. The predicted octanol–water partition coefficient (Wildman–Crippen LogP) is 0.523. The van der Waals surface area contributed by atoms with Gasteiger partial charge in [0.25, 0.3) is 0 Å². The lowest BCUT2D eigenvalue weighted by Gasteiger charge is -2.22. The first-order chi connectivity index (χ1) is 4.19. The highest BCUT2D eigenvalue weighted by atomic mass is 79.9. The minimum atomic E-state index is -3.23. The van der Waals surface area contributed by atoms with Crippen LogP contribution in [0.15, 0.2) is 0 Å². The zero-order chi connectivity index (χ0) is 8.58. The van der Waals surface area contributed by atoms with E-state index in [0.29, 0.717) is 0 Å². The largest absolute Gasteiger partial charge is 0.391 e. The number of rotatable bonds is 2. The third-order valence-electron chi connectivity index (χ3n) is 1.47. The Bertz CT molecular complexity index is 205. The van der Waals surface area contributed by atoms with Crippen LogP contribution in [0.4, 0.5) is 0 Å². The lowest BCUT2D eigenvalue weighted by Crippen LogP contribution is -2.38. The van der Waals surface area contributed by atoms with E-state index in [1.54, 1.807) is 0 Å². The Balaban J connectivity index is 4.76. The molecule has 0 aliphatic rings. The van der Waals surface area contributed by atoms with Gasteiger partial charge in [-0.1, -0.05) is 15.9 Å². The summed E-state index contributed by atoms with van der Waals surface area (Å²) in [6, 6.07) is 0. The quantitative estimate of drug-likeness (QED) is 0.705. The fraction of sp³-hybridized carbons (Fsp3) is 1.00. The number of alkyl halides is 1. The molecule has 2 atom stereocenters. The van der Waals surface area contributed by atoms with Crippen LogP contribution in [0.1, 0.15) is 13.8 Å². The molecule has 0 aromatic carbocycles. The summed E-state index contributed by atoms with van der Waals surface area (Å²) in [6.45, 7) is 2.85. The predicted molar refractivity (Wildman–Crippen MR) is 43.9 cm³/mol. The number of hydrogen-bond acceptors (Lipinski definition) is 3. The van der Waals surface area contributed by atoms with Crippen LogP contribution in [-0.4, -0.2) is 29.5 Å². The first-order valence-corrected chi connectivity index (χ1v) is 5.44. The van der Waals surface area contributed by atoms with Crippen molar-refractivity contribution in [2.45, 2.75) is 23.6 Å². The molecule has 0 fully saturated rings. The maximum atomic E-state index is 10.9. The van der Waals surface area contributed by atoms with E-state index in [2.05, 4.69) is 15.9 Å². The van der Waals surface area contributed by atoms with Crippen LogP contribution in [0.25, 0.3) is 0 Å². The molecule has 0 aromatic rings. The molecular formula is C5H11BrO3S. The van der Waals surface area contributed by atoms with Gasteiger partial charge in [-0.3, -0.25) is 0 Å². The first-order valence-electron chi connectivity index (χ1n) is 2.76. The van der Waals surface area contributed by atoms with Gasteiger partial charge in [0, 0.05) is 6.26 Å². The van der Waals surface area contributed by atoms with Crippen molar-refractivity contribution in [3.05, 3.63) is 0 Å². The van der Waals surface area contributed by atoms with E-state index in [1.165, 1.54) is 13.8 Å². The van der Waals surface area contributed by atoms with Gasteiger partial charge in [0.15, 0.2) is 9.84 Å². The van der Waals surface area contributed by atoms with Gasteiger partial charge < -0.3 is 5.11 Å². The summed E-state index contributed by atoms with van der Waals surface area (Å²) < 4.78 is 20.6. The second-order valence-electron chi connectivity index (χ2n) is 2.43. The first kappa shape index (κ1) is 10.4. The van der Waals surface area contributed by atoms with Gasteiger partial charge in [-0.25, -0.2) is 8.42 Å². The maximum absolute atomic E-state index is 10.9. The van der Waals surface area contributed by atoms with Crippen molar-refractivity contribution in [2.24, 2.45) is 0 Å². The molecule has 62 valence electrons. The molecule has 10 heavy (non-hydrogen) atoms. The Morgan fingerprint density at radius 3 is 1.90 bits per heavy atom. The molecule has 2 unspecified atom stereocenters. The van der Waals surface area contributed by atoms with Gasteiger partial charge in [-0.15, -0.1) is 0 Å². The molecule has 1 N–H and O–H groups in total. The molecule has 0 saturated heterocycles. The van der Waals surface area contributed by atoms with E-state index in [1.807, 2.05) is 0 Å². The maximum Gasteiger partial charge on any atom is 0.165 e. The summed E-state index contributed by atoms with van der Waals surface area (Å²) >= 11 is 2.93. The molecule has 5 heteroatoms. The topological polar surface area (TPSA) is 54.4 Å². The molecule has 0 aromatic heterocycles. The van der Waals surface area contributed by atoms with Crippen LogP contribution >= 0.6 is 15.9 Å². The van der Waals surface area contributed by atoms with E-state index >= 15 is 0 Å². The van der Waals surface area contributed by atoms with Gasteiger partial charge in [0.2, 0.25) is 0 Å². The molecule has 0 aliphatic heterocycles. The van der Waals surface area contributed by atoms with Crippen molar-refractivity contribution >= 4 is 25.8 Å². The minimum Gasteiger partial charge on any atom is -0.391 e. The summed E-state index contributed by atoms with van der Waals surface area (Å²) in [5, 5.41) is 8.99. The second kappa shape index (κ2) is 2.79. The summed E-state index contributed by atoms with van der Waals surface area (Å²) in [7, 11) is -3.23. The average Bonchev–Trinajstić information content (AvgIpc) is 1.62. The summed E-state index contributed by atoms with van der Waals surface area (Å²) in [4.78, 5) is 0. The molecule has 0 heterocycles. The smallest absolute Gasteiger partial charge is 0.165 e. The number of sulfone groups is 1. The zero-order valence-electron chi connectivity index (χ0n) is 6.13. The average molecular weight is 231 g/mol. The van der Waals surface area contributed by atoms with Gasteiger partial charge in [0.1, 0.15) is 3.66 Å². The van der Waals surface area contributed by atoms with E-state index in [-0.39, 0.29) is 0 Å². The van der Waals surface area contributed by atoms with Crippen molar-refractivity contribution in [3.63, 3.8) is 0 Å². The van der Waals surface area contributed by atoms with Crippen molar-refractivity contribution in [2.75, 3.05) is 6.26 Å². The van der Waals surface area contributed by atoms with Gasteiger partial charge in [0.05, 0.1) is 6.10 Å². The van der Waals surface area contributed by atoms with Crippen LogP contribution in [0.3, 0.4) is 0 Å². The molecule has 3 nitrogen and oxygen atoms in total. The van der Waals surface area contributed by atoms with Gasteiger partial charge >= 0.3 is 0 Å². The number of halogens is 1. The monoisotopic (exact) mass is 230 g/mol. The van der Waals surface area contributed by atoms with Crippen molar-refractivity contribution < 1.29 is 13.5 Å². The van der Waals surface area contributed by atoms with Crippen LogP contribution < -0.4 is 0 Å². The van der Waals surface area contributed by atoms with Crippen molar-refractivity contribution in [1.29, 1.82) is 0 Å². The molecule has 0 spiro atoms. The Hall–Kier alpha value is 0.390. The van der Waals surface area contributed by atoms with Crippen molar-refractivity contribution in [3.8, 4) is 0 Å². The summed E-state index contributed by atoms with van der Waals surface area (Å²) in [5.74, 6) is 0. The Labute approximate surface area is 69.5 Å². The SMILES string of the molecule is CC(O)C(C)(Br)S(C)(=O)=O. The van der Waals surface area contributed by atoms with Crippen LogP contribution in [-0.2, 0) is 9.84 Å². The normalized spacial score (nSPS) is 21.7. The Morgan fingerprint density at radius 1 is 1.60 bits per heavy atom. The highest BCUT2D eigenvalue weighted by Crippen LogP contribution is 2.27. The second-order valence-corrected chi connectivity index (χ2v) is 7.00. The summed E-state index contributed by atoms with van der Waals surface area (Å²) in [6.07, 6.45) is 0.163. The highest BCUT2D eigenvalue weighted by molar-refractivity contribution is 9.11. The van der Waals surface area contributed by atoms with Crippen LogP contribution in [0.5, 0.6) is 0 Å². The van der Waals surface area contributed by atoms with Crippen molar-refractivity contribution in [1.82, 2.24) is 0 Å². The molecule has 0 bridgehead atoms. The minimum absolute atomic E-state index is 0.914. The molecular weight excluding hydrogens is 220 g/mol. The molecule has 0 saturated carbocycles. The van der Waals surface area contributed by atoms with E-state index in [4.69, 9.17) is 5.11 Å². The molecule has 0 radical (unpaired) electrons. The van der Waals surface area contributed by atoms with Gasteiger partial charge in [-0.2, -0.15) is 0 Å². The Kier molecular flexibility index (Phi) is 2.90. The lowest BCUT2D eigenvalue weighted by molar-refractivity contribution is 0.185. The fourth-order valence-corrected chi connectivity index (χ4v) is 0.929. The van der Waals surface area contributed by atoms with E-state index in [9.17, 15) is 8.42 Å². The standard InChI is InChI=1S/C5H11BrO3S/c1-4(7)5(2,6)10(3,8)9/h4,7H,1-3H3. The summed E-state index contributed by atoms with van der Waals surface area (Å²) in [5.41, 5.74) is 0. The number of aliphatic hydroxyl groups excluding tert-OH is 1. The molecule has 0 amide bonds. The third-order valence-corrected chi connectivity index (χ3v) is 5.69. The molecule has 0 rings (SSSR count). The highest BCUT2D eigenvalue weighted by Gasteiger charge is 2.37. The zero-order valence-corrected chi connectivity index (χ0v) is 8.53. The fourth-order valence-electron chi connectivity index (χ4n) is 0.310. The number of hydrogen-bond donors (Lipinski definition) is 1. The molecule has 0 aliphatic carbocycles. The Morgan fingerprint density at radius 2 is 1.90 bits per heavy atom. The van der Waals surface area contributed by atoms with Crippen LogP contribution in [0, 0.1) is 0 Å².